The van der Waals surface area contributed by atoms with Gasteiger partial charge >= 0.3 is 51.4 Å². The molecular weight excluding hydrogens is 717 g/mol. The molecule has 1 amide bonds. The molecule has 7 unspecified atom stereocenters. The maximum absolute atomic E-state index is 13.7. The quantitative estimate of drug-likeness (QED) is 0.204. The number of anilines is 1. The van der Waals surface area contributed by atoms with E-state index in [1.807, 2.05) is 31.3 Å². The molecule has 8 nitrogen and oxygen atoms in total. The van der Waals surface area contributed by atoms with Crippen molar-refractivity contribution in [2.75, 3.05) is 51.3 Å². The van der Waals surface area contributed by atoms with E-state index in [1.54, 1.807) is 0 Å². The zero-order valence-electron chi connectivity index (χ0n) is 31.9. The third-order valence-electron chi connectivity index (χ3n) is 12.2. The number of aryl methyl sites for hydroxylation is 1. The Morgan fingerprint density at radius 2 is 2.00 bits per heavy atom. The average molecular weight is 775 g/mol. The average Bonchev–Trinajstić information content (AvgIpc) is 3.28. The van der Waals surface area contributed by atoms with E-state index in [0.717, 1.165) is 98.7 Å². The Kier molecular flexibility index (Phi) is 15.0. The fourth-order valence-electron chi connectivity index (χ4n) is 8.84. The molecule has 0 radical (unpaired) electrons. The second-order valence-corrected chi connectivity index (χ2v) is 17.7. The Morgan fingerprint density at radius 1 is 1.19 bits per heavy atom. The van der Waals surface area contributed by atoms with Crippen LogP contribution in [0.5, 0.6) is 5.75 Å². The van der Waals surface area contributed by atoms with Crippen molar-refractivity contribution in [3.63, 3.8) is 0 Å². The second kappa shape index (κ2) is 18.6. The van der Waals surface area contributed by atoms with E-state index >= 15 is 0 Å². The van der Waals surface area contributed by atoms with Gasteiger partial charge < -0.3 is 30.2 Å². The maximum Gasteiger partial charge on any atom is 1.00 e. The van der Waals surface area contributed by atoms with Crippen molar-refractivity contribution in [2.24, 2.45) is 17.8 Å². The number of carbonyl (C=O) groups is 1. The van der Waals surface area contributed by atoms with Crippen molar-refractivity contribution in [1.82, 2.24) is 9.62 Å². The van der Waals surface area contributed by atoms with Gasteiger partial charge in [-0.1, -0.05) is 67.8 Å². The first-order chi connectivity index (χ1) is 24.5. The summed E-state index contributed by atoms with van der Waals surface area (Å²) in [6, 6.07) is 12.1. The summed E-state index contributed by atoms with van der Waals surface area (Å²) in [5.74, 6) is 6.00. The molecular formula is C41H57ClKN5O3S. The van der Waals surface area contributed by atoms with Crippen molar-refractivity contribution >= 4 is 46.0 Å². The molecule has 1 saturated carbocycles. The molecule has 7 atom stereocenters. The van der Waals surface area contributed by atoms with Gasteiger partial charge in [0.2, 0.25) is 0 Å². The van der Waals surface area contributed by atoms with Gasteiger partial charge in [0.1, 0.15) is 5.75 Å². The number of aliphatic hydroxyl groups is 1. The van der Waals surface area contributed by atoms with Crippen LogP contribution in [0.2, 0.25) is 5.02 Å². The number of halogens is 1. The van der Waals surface area contributed by atoms with Crippen LogP contribution in [0, 0.1) is 23.2 Å². The Hall–Kier alpha value is -1.21. The van der Waals surface area contributed by atoms with Crippen LogP contribution in [-0.2, 0) is 6.42 Å². The van der Waals surface area contributed by atoms with Crippen molar-refractivity contribution in [3.8, 4) is 5.75 Å². The number of β-amino-alcohol motifs (C(OH)–C–C–N with tert-alkyl or cyclic N) is 1. The van der Waals surface area contributed by atoms with Crippen LogP contribution in [-0.4, -0.2) is 85.2 Å². The van der Waals surface area contributed by atoms with Crippen LogP contribution < -0.4 is 65.7 Å². The van der Waals surface area contributed by atoms with Gasteiger partial charge in [0.05, 0.1) is 17.9 Å². The monoisotopic (exact) mass is 773 g/mol. The molecule has 1 fully saturated rings. The van der Waals surface area contributed by atoms with Crippen LogP contribution in [0.25, 0.3) is 5.32 Å². The summed E-state index contributed by atoms with van der Waals surface area (Å²) in [5.41, 5.74) is 5.20. The number of hydrogen-bond acceptors (Lipinski definition) is 6. The zero-order valence-corrected chi connectivity index (χ0v) is 36.6. The second-order valence-electron chi connectivity index (χ2n) is 15.5. The summed E-state index contributed by atoms with van der Waals surface area (Å²) in [4.78, 5) is 18.5. The summed E-state index contributed by atoms with van der Waals surface area (Å²) in [7, 11) is 1.24. The van der Waals surface area contributed by atoms with Gasteiger partial charge in [-0.05, 0) is 103 Å². The third kappa shape index (κ3) is 9.41. The molecule has 52 heavy (non-hydrogen) atoms. The fraction of sp³-hybridized carbons (Fsp3) is 0.585. The molecule has 11 heteroatoms. The molecule has 4 aliphatic rings. The molecule has 3 heterocycles. The van der Waals surface area contributed by atoms with Crippen molar-refractivity contribution in [2.45, 2.75) is 88.9 Å². The van der Waals surface area contributed by atoms with E-state index in [4.69, 9.17) is 21.7 Å². The molecule has 278 valence electrons. The summed E-state index contributed by atoms with van der Waals surface area (Å²) in [5, 5.41) is 26.2. The molecule has 0 spiro atoms. The SMILES string of the molecule is C=S1NC(=O)c2ccc3c(c2)N(CC(c2ccc(Cl)cc2CCC)CO3)CC2CCC2C(O)(CN2CCC(C=N)=C([N-]C)C2)CCCC(C)C1C.[K+]. The number of hydrogen-bond donors (Lipinski definition) is 3. The summed E-state index contributed by atoms with van der Waals surface area (Å²) >= 11 is 6.49. The summed E-state index contributed by atoms with van der Waals surface area (Å²) < 4.78 is 9.82. The number of ether oxygens (including phenoxy) is 1. The molecule has 3 N–H and O–H groups in total. The number of rotatable bonds is 7. The van der Waals surface area contributed by atoms with E-state index in [9.17, 15) is 9.90 Å². The van der Waals surface area contributed by atoms with Gasteiger partial charge in [-0.15, -0.1) is 12.7 Å². The first kappa shape index (κ1) is 41.9. The largest absolute Gasteiger partial charge is 1.00 e. The van der Waals surface area contributed by atoms with Crippen molar-refractivity contribution in [1.29, 1.82) is 5.41 Å². The molecule has 1 aliphatic carbocycles. The zero-order chi connectivity index (χ0) is 36.3. The number of amides is 1. The smallest absolute Gasteiger partial charge is 0.689 e. The number of fused-ring (bicyclic) bond motifs is 2. The summed E-state index contributed by atoms with van der Waals surface area (Å²) in [6.45, 7) is 10.8. The van der Waals surface area contributed by atoms with Crippen LogP contribution in [0.1, 0.15) is 93.1 Å². The van der Waals surface area contributed by atoms with Crippen LogP contribution in [0.3, 0.4) is 0 Å². The molecule has 0 aromatic heterocycles. The minimum Gasteiger partial charge on any atom is -0.689 e. The number of nitrogens with one attached hydrogen (secondary N) is 2. The van der Waals surface area contributed by atoms with Crippen molar-refractivity contribution in [3.05, 3.63) is 74.7 Å². The first-order valence-corrected chi connectivity index (χ1v) is 20.8. The number of benzene rings is 2. The van der Waals surface area contributed by atoms with Crippen molar-refractivity contribution < 1.29 is 66.0 Å². The number of likely N-dealkylation sites (N-methyl/N-ethyl adjacent to an activating group) is 1. The van der Waals surface area contributed by atoms with Crippen LogP contribution >= 0.6 is 22.3 Å². The topological polar surface area (TPSA) is 103 Å². The standard InChI is InChI=1S/C41H58ClN5O3S.K/c1-6-8-29-19-34(42)12-13-35(29)33-23-47-22-32-10-14-36(32)41(49,26-46-18-16-31(21-43)37(24-46)44-4)17-7-9-27(2)28(3)51(5)45-40(48)30-11-15-39(50-25-33)38(47)20-30;/h11-13,15,19-21,27-28,32-33,36,49H,5-10,14,16-18,22-26H2,1-4H3,(H3,43,44,45,48);/q;+1/p-1. The Labute approximate surface area is 361 Å². The fourth-order valence-corrected chi connectivity index (χ4v) is 10.3. The van der Waals surface area contributed by atoms with E-state index < -0.39 is 16.3 Å². The van der Waals surface area contributed by atoms with Gasteiger partial charge in [0, 0.05) is 60.7 Å². The predicted octanol–water partition coefficient (Wildman–Crippen LogP) is 5.20. The minimum absolute atomic E-state index is 0. The molecule has 2 aromatic rings. The minimum atomic E-state index is -0.846. The molecule has 0 saturated heterocycles. The molecule has 2 bridgehead atoms. The Morgan fingerprint density at radius 3 is 2.71 bits per heavy atom. The third-order valence-corrected chi connectivity index (χ3v) is 14.2. The predicted molar refractivity (Wildman–Crippen MR) is 214 cm³/mol. The van der Waals surface area contributed by atoms with Gasteiger partial charge in [-0.25, -0.2) is 0 Å². The van der Waals surface area contributed by atoms with E-state index in [2.05, 4.69) is 58.6 Å². The molecule has 2 aromatic carbocycles. The number of nitrogens with zero attached hydrogens (tertiary/aromatic N) is 3. The van der Waals surface area contributed by atoms with E-state index in [1.165, 1.54) is 17.3 Å². The van der Waals surface area contributed by atoms with E-state index in [0.29, 0.717) is 37.1 Å². The number of carbonyl (C=O) groups excluding carboxylic acids is 1. The van der Waals surface area contributed by atoms with Crippen LogP contribution in [0.4, 0.5) is 5.69 Å². The van der Waals surface area contributed by atoms with E-state index in [-0.39, 0.29) is 74.4 Å². The van der Waals surface area contributed by atoms with Gasteiger partial charge in [-0.2, -0.15) is 0 Å². The Bertz CT molecular complexity index is 1660. The normalized spacial score (nSPS) is 30.1. The molecule has 3 aliphatic heterocycles. The van der Waals surface area contributed by atoms with Gasteiger partial charge in [0.15, 0.2) is 0 Å². The Balaban J connectivity index is 0.00000523. The molecule has 6 rings (SSSR count). The van der Waals surface area contributed by atoms with Gasteiger partial charge in [0.25, 0.3) is 5.91 Å². The maximum atomic E-state index is 13.7. The first-order valence-electron chi connectivity index (χ1n) is 18.9. The van der Waals surface area contributed by atoms with Crippen LogP contribution in [0.15, 0.2) is 47.7 Å². The van der Waals surface area contributed by atoms with Gasteiger partial charge in [-0.3, -0.25) is 9.69 Å². The summed E-state index contributed by atoms with van der Waals surface area (Å²) in [6.07, 6.45) is 8.87.